The molecule has 0 spiro atoms. The minimum absolute atomic E-state index is 0. The van der Waals surface area contributed by atoms with E-state index in [1.165, 1.54) is 27.9 Å². The van der Waals surface area contributed by atoms with Crippen LogP contribution in [0.15, 0.2) is 97.5 Å². The maximum Gasteiger partial charge on any atom is 2.00 e. The van der Waals surface area contributed by atoms with Crippen LogP contribution in [0.4, 0.5) is 11.4 Å². The molecule has 4 aromatic carbocycles. The first-order valence-corrected chi connectivity index (χ1v) is 18.8. The molecule has 1 aliphatic rings. The molecule has 0 saturated carbocycles. The van der Waals surface area contributed by atoms with Crippen LogP contribution in [0.3, 0.4) is 0 Å². The third-order valence-corrected chi connectivity index (χ3v) is 10.3. The number of nitrogens with zero attached hydrogens (tertiary/aromatic N) is 4. The summed E-state index contributed by atoms with van der Waals surface area (Å²) < 4.78 is 8.90. The van der Waals surface area contributed by atoms with Gasteiger partial charge in [0.15, 0.2) is 0 Å². The van der Waals surface area contributed by atoms with Crippen LogP contribution in [0.1, 0.15) is 105 Å². The minimum Gasteiger partial charge on any atom is -0.509 e. The second kappa shape index (κ2) is 14.1. The molecular formula is C48H54N4OPt. The van der Waals surface area contributed by atoms with Crippen LogP contribution in [0.2, 0.25) is 0 Å². The largest absolute Gasteiger partial charge is 2.00 e. The van der Waals surface area contributed by atoms with Gasteiger partial charge >= 0.3 is 21.1 Å². The monoisotopic (exact) mass is 897 g/mol. The van der Waals surface area contributed by atoms with Crippen LogP contribution in [-0.2, 0) is 42.7 Å². The molecule has 6 aromatic rings. The maximum atomic E-state index is 6.70. The summed E-state index contributed by atoms with van der Waals surface area (Å²) in [6.45, 7) is 27.8. The van der Waals surface area contributed by atoms with E-state index in [-0.39, 0.29) is 42.7 Å². The zero-order chi connectivity index (χ0) is 38.1. The van der Waals surface area contributed by atoms with Crippen molar-refractivity contribution in [1.29, 1.82) is 0 Å². The van der Waals surface area contributed by atoms with E-state index in [1.54, 1.807) is 0 Å². The van der Waals surface area contributed by atoms with Gasteiger partial charge in [-0.3, -0.25) is 0 Å². The summed E-state index contributed by atoms with van der Waals surface area (Å²) in [7, 11) is 0. The van der Waals surface area contributed by atoms with Crippen molar-refractivity contribution >= 4 is 33.2 Å². The molecule has 0 amide bonds. The fourth-order valence-corrected chi connectivity index (χ4v) is 6.86. The van der Waals surface area contributed by atoms with Gasteiger partial charge < -0.3 is 19.1 Å². The zero-order valence-electron chi connectivity index (χ0n) is 34.0. The average Bonchev–Trinajstić information content (AvgIpc) is 3.70. The zero-order valence-corrected chi connectivity index (χ0v) is 36.2. The summed E-state index contributed by atoms with van der Waals surface area (Å²) in [4.78, 5) is 9.42. The fraction of sp³-hybridized carbons (Fsp3) is 0.354. The SMILES string of the molecule is CC(C)(C)c1cc(Oc2[c-]c3c(cc2)c2ccccc2n3-c2cc(C(C)(C)C)ccn2)[c-]c(N2C=CN(c3cc(C(C)(C)C)cc(C(C)(C)C)c3)C2)c1.[Pt+2]. The quantitative estimate of drug-likeness (QED) is 0.161. The van der Waals surface area contributed by atoms with Crippen LogP contribution in [0.25, 0.3) is 27.6 Å². The predicted octanol–water partition coefficient (Wildman–Crippen LogP) is 12.5. The molecule has 7 rings (SSSR count). The van der Waals surface area contributed by atoms with Crippen molar-refractivity contribution in [3.63, 3.8) is 0 Å². The average molecular weight is 898 g/mol. The number of pyridine rings is 1. The van der Waals surface area contributed by atoms with Crippen LogP contribution in [0, 0.1) is 12.1 Å². The number of hydrogen-bond donors (Lipinski definition) is 0. The van der Waals surface area contributed by atoms with E-state index < -0.39 is 0 Å². The minimum atomic E-state index is -0.0996. The van der Waals surface area contributed by atoms with Gasteiger partial charge in [0.05, 0.1) is 6.67 Å². The number of rotatable bonds is 5. The molecule has 1 aliphatic heterocycles. The Hall–Kier alpha value is -4.34. The van der Waals surface area contributed by atoms with Crippen molar-refractivity contribution in [3.8, 4) is 17.3 Å². The van der Waals surface area contributed by atoms with Crippen LogP contribution in [-0.4, -0.2) is 16.2 Å². The Kier molecular flexibility index (Phi) is 10.2. The van der Waals surface area contributed by atoms with Crippen molar-refractivity contribution in [2.75, 3.05) is 16.5 Å². The Labute approximate surface area is 337 Å². The predicted molar refractivity (Wildman–Crippen MR) is 223 cm³/mol. The Bertz CT molecular complexity index is 2330. The molecular weight excluding hydrogens is 844 g/mol. The Morgan fingerprint density at radius 2 is 1.19 bits per heavy atom. The summed E-state index contributed by atoms with van der Waals surface area (Å²) in [5.41, 5.74) is 9.25. The first kappa shape index (κ1) is 39.4. The Balaban J connectivity index is 0.00000497. The Morgan fingerprint density at radius 3 is 1.83 bits per heavy atom. The third kappa shape index (κ3) is 7.89. The van der Waals surface area contributed by atoms with Crippen LogP contribution in [0.5, 0.6) is 11.5 Å². The Morgan fingerprint density at radius 1 is 0.574 bits per heavy atom. The molecule has 2 aromatic heterocycles. The summed E-state index contributed by atoms with van der Waals surface area (Å²) in [6.07, 6.45) is 6.23. The maximum absolute atomic E-state index is 6.70. The van der Waals surface area contributed by atoms with E-state index in [0.717, 1.165) is 33.3 Å². The van der Waals surface area contributed by atoms with Gasteiger partial charge in [0.25, 0.3) is 0 Å². The van der Waals surface area contributed by atoms with Gasteiger partial charge in [0.2, 0.25) is 0 Å². The molecule has 282 valence electrons. The number of ether oxygens (including phenoxy) is 1. The molecule has 0 radical (unpaired) electrons. The number of hydrogen-bond acceptors (Lipinski definition) is 4. The van der Waals surface area contributed by atoms with Crippen molar-refractivity contribution < 1.29 is 25.8 Å². The summed E-state index contributed by atoms with van der Waals surface area (Å²) in [6, 6.07) is 35.6. The van der Waals surface area contributed by atoms with E-state index in [1.807, 2.05) is 12.3 Å². The van der Waals surface area contributed by atoms with Gasteiger partial charge in [0.1, 0.15) is 5.82 Å². The molecule has 0 atom stereocenters. The van der Waals surface area contributed by atoms with Crippen LogP contribution >= 0.6 is 0 Å². The van der Waals surface area contributed by atoms with Gasteiger partial charge in [-0.25, -0.2) is 4.98 Å². The first-order valence-electron chi connectivity index (χ1n) is 18.8. The number of para-hydroxylation sites is 1. The first-order chi connectivity index (χ1) is 24.8. The molecule has 0 bridgehead atoms. The summed E-state index contributed by atoms with van der Waals surface area (Å²) in [5.74, 6) is 2.16. The van der Waals surface area contributed by atoms with Gasteiger partial charge in [-0.05, 0) is 74.1 Å². The topological polar surface area (TPSA) is 33.5 Å². The number of anilines is 2. The van der Waals surface area contributed by atoms with Crippen LogP contribution < -0.4 is 14.5 Å². The molecule has 5 nitrogen and oxygen atoms in total. The number of fused-ring (bicyclic) bond motifs is 3. The molecule has 0 N–H and O–H groups in total. The van der Waals surface area contributed by atoms with Crippen molar-refractivity contribution in [3.05, 3.63) is 132 Å². The molecule has 0 unspecified atom stereocenters. The molecule has 0 aliphatic carbocycles. The molecule has 6 heteroatoms. The number of benzene rings is 4. The summed E-state index contributed by atoms with van der Waals surface area (Å²) >= 11 is 0. The second-order valence-electron chi connectivity index (χ2n) is 18.7. The van der Waals surface area contributed by atoms with E-state index in [2.05, 4.69) is 195 Å². The molecule has 3 heterocycles. The van der Waals surface area contributed by atoms with Gasteiger partial charge in [-0.15, -0.1) is 41.3 Å². The standard InChI is InChI=1S/C48H54N4O.Pt/c1-45(2,3)32-19-20-49-44(28-32)52-42-16-14-13-15-40(42)41-18-17-38(30-43(41)52)53-39-27-35(48(10,11)12)26-37(29-39)51-22-21-50(31-51)36-24-33(46(4,5)6)23-34(25-36)47(7,8)9;/h13-28H,31H2,1-12H3;/q-2;+2. The van der Waals surface area contributed by atoms with Gasteiger partial charge in [0, 0.05) is 41.3 Å². The van der Waals surface area contributed by atoms with E-state index in [0.29, 0.717) is 18.2 Å². The van der Waals surface area contributed by atoms with Crippen molar-refractivity contribution in [2.24, 2.45) is 0 Å². The van der Waals surface area contributed by atoms with E-state index in [9.17, 15) is 0 Å². The van der Waals surface area contributed by atoms with Gasteiger partial charge in [-0.2, -0.15) is 6.07 Å². The smallest absolute Gasteiger partial charge is 0.509 e. The third-order valence-electron chi connectivity index (χ3n) is 10.3. The molecule has 0 fully saturated rings. The van der Waals surface area contributed by atoms with Crippen molar-refractivity contribution in [1.82, 2.24) is 9.55 Å². The summed E-state index contributed by atoms with van der Waals surface area (Å²) in [5, 5.41) is 2.27. The van der Waals surface area contributed by atoms with E-state index in [4.69, 9.17) is 9.72 Å². The van der Waals surface area contributed by atoms with Gasteiger partial charge in [-0.1, -0.05) is 119 Å². The molecule has 54 heavy (non-hydrogen) atoms. The normalized spacial score (nSPS) is 13.9. The second-order valence-corrected chi connectivity index (χ2v) is 18.7. The van der Waals surface area contributed by atoms with E-state index >= 15 is 0 Å². The number of aromatic nitrogens is 2. The van der Waals surface area contributed by atoms with Crippen molar-refractivity contribution in [2.45, 2.75) is 105 Å². The molecule has 0 saturated heterocycles. The fourth-order valence-electron chi connectivity index (χ4n) is 6.86.